The number of benzene rings is 2. The topological polar surface area (TPSA) is 113 Å². The molecule has 0 radical (unpaired) electrons. The van der Waals surface area contributed by atoms with Crippen molar-refractivity contribution in [1.29, 1.82) is 0 Å². The van der Waals surface area contributed by atoms with Gasteiger partial charge in [-0.25, -0.2) is 4.79 Å². The van der Waals surface area contributed by atoms with E-state index in [4.69, 9.17) is 5.73 Å². The molecule has 0 saturated carbocycles. The Bertz CT molecular complexity index is 1150. The summed E-state index contributed by atoms with van der Waals surface area (Å²) >= 11 is 0. The molecule has 2 aliphatic rings. The smallest absolute Gasteiger partial charge is 0.326 e. The zero-order valence-electron chi connectivity index (χ0n) is 22.6. The third kappa shape index (κ3) is 7.58. The number of rotatable bonds is 11. The fraction of sp³-hybridized carbons (Fsp3) is 0.500. The Balaban J connectivity index is 1.55. The van der Waals surface area contributed by atoms with Crippen molar-refractivity contribution >= 4 is 39.4 Å². The quantitative estimate of drug-likeness (QED) is 0.339. The second-order valence-corrected chi connectivity index (χ2v) is 13.6. The van der Waals surface area contributed by atoms with Gasteiger partial charge >= 0.3 is 5.97 Å². The lowest BCUT2D eigenvalue weighted by Crippen LogP contribution is -2.56. The van der Waals surface area contributed by atoms with Crippen LogP contribution >= 0.6 is 21.6 Å². The number of fused-ring (bicyclic) bond motifs is 3. The van der Waals surface area contributed by atoms with Crippen LogP contribution in [0.1, 0.15) is 62.3 Å². The van der Waals surface area contributed by atoms with Crippen LogP contribution in [0.5, 0.6) is 0 Å². The fourth-order valence-electron chi connectivity index (χ4n) is 5.65. The maximum Gasteiger partial charge on any atom is 0.326 e. The number of aliphatic carboxylic acids is 1. The van der Waals surface area contributed by atoms with Gasteiger partial charge in [0.05, 0.1) is 11.3 Å². The Labute approximate surface area is 239 Å². The van der Waals surface area contributed by atoms with E-state index in [1.54, 1.807) is 10.8 Å². The summed E-state index contributed by atoms with van der Waals surface area (Å²) in [6.07, 6.45) is 3.65. The molecule has 1 saturated heterocycles. The molecule has 0 aromatic heterocycles. The Morgan fingerprint density at radius 3 is 2.54 bits per heavy atom. The molecule has 1 fully saturated rings. The van der Waals surface area contributed by atoms with Crippen molar-refractivity contribution < 1.29 is 19.5 Å². The van der Waals surface area contributed by atoms with E-state index in [0.29, 0.717) is 31.6 Å². The van der Waals surface area contributed by atoms with E-state index in [1.165, 1.54) is 15.7 Å². The zero-order valence-corrected chi connectivity index (χ0v) is 24.3. The molecule has 0 spiro atoms. The first kappa shape index (κ1) is 29.5. The minimum atomic E-state index is -0.996. The number of amides is 2. The maximum atomic E-state index is 13.9. The van der Waals surface area contributed by atoms with E-state index >= 15 is 0 Å². The van der Waals surface area contributed by atoms with Gasteiger partial charge in [0.25, 0.3) is 0 Å². The monoisotopic (exact) mass is 569 g/mol. The predicted molar refractivity (Wildman–Crippen MR) is 158 cm³/mol. The van der Waals surface area contributed by atoms with E-state index < -0.39 is 23.3 Å². The number of carbonyl (C=O) groups excluding carboxylic acids is 2. The number of hydrogen-bond donors (Lipinski definition) is 3. The minimum Gasteiger partial charge on any atom is -0.480 e. The van der Waals surface area contributed by atoms with Gasteiger partial charge in [-0.3, -0.25) is 9.59 Å². The highest BCUT2D eigenvalue weighted by molar-refractivity contribution is 8.77. The average molecular weight is 570 g/mol. The Morgan fingerprint density at radius 1 is 1.10 bits per heavy atom. The van der Waals surface area contributed by atoms with Crippen LogP contribution in [-0.2, 0) is 27.2 Å². The first-order chi connectivity index (χ1) is 18.7. The SMILES string of the molecule is CC(C)CC(N)CSSC(Cc1ccccc1)C(=O)NC1Cc2ccccc2C2CCCC(C(=O)O)N2C1=O. The van der Waals surface area contributed by atoms with Crippen LogP contribution in [0.15, 0.2) is 54.6 Å². The minimum absolute atomic E-state index is 0.0480. The molecule has 4 rings (SSSR count). The van der Waals surface area contributed by atoms with Crippen LogP contribution in [0.2, 0.25) is 0 Å². The van der Waals surface area contributed by atoms with Crippen LogP contribution < -0.4 is 11.1 Å². The van der Waals surface area contributed by atoms with Crippen molar-refractivity contribution in [3.63, 3.8) is 0 Å². The molecule has 2 heterocycles. The number of nitrogens with zero attached hydrogens (tertiary/aromatic N) is 1. The number of carboxylic acid groups (broad SMARTS) is 1. The van der Waals surface area contributed by atoms with Crippen molar-refractivity contribution in [1.82, 2.24) is 10.2 Å². The van der Waals surface area contributed by atoms with Crippen molar-refractivity contribution in [2.45, 2.75) is 81.8 Å². The van der Waals surface area contributed by atoms with Crippen molar-refractivity contribution in [2.75, 3.05) is 5.75 Å². The van der Waals surface area contributed by atoms with Gasteiger partial charge in [0.1, 0.15) is 12.1 Å². The van der Waals surface area contributed by atoms with Crippen molar-refractivity contribution in [3.8, 4) is 0 Å². The number of piperidine rings is 1. The van der Waals surface area contributed by atoms with E-state index in [9.17, 15) is 19.5 Å². The largest absolute Gasteiger partial charge is 0.480 e. The van der Waals surface area contributed by atoms with E-state index in [0.717, 1.165) is 35.3 Å². The summed E-state index contributed by atoms with van der Waals surface area (Å²) in [7, 11) is 3.09. The maximum absolute atomic E-state index is 13.9. The Morgan fingerprint density at radius 2 is 1.82 bits per heavy atom. The Hall–Kier alpha value is -2.49. The molecule has 210 valence electrons. The van der Waals surface area contributed by atoms with Crippen LogP contribution in [0, 0.1) is 5.92 Å². The molecular formula is C30H39N3O4S2. The zero-order chi connectivity index (χ0) is 27.9. The molecule has 2 aromatic rings. The van der Waals surface area contributed by atoms with Crippen LogP contribution in [-0.4, -0.2) is 56.9 Å². The summed E-state index contributed by atoms with van der Waals surface area (Å²) in [5.74, 6) is -0.290. The summed E-state index contributed by atoms with van der Waals surface area (Å²) < 4.78 is 0. The van der Waals surface area contributed by atoms with Crippen LogP contribution in [0.4, 0.5) is 0 Å². The highest BCUT2D eigenvalue weighted by Gasteiger charge is 2.44. The highest BCUT2D eigenvalue weighted by Crippen LogP contribution is 2.39. The molecule has 0 bridgehead atoms. The fourth-order valence-corrected chi connectivity index (χ4v) is 8.33. The number of nitrogens with one attached hydrogen (secondary N) is 1. The Kier molecular flexibility index (Phi) is 10.4. The number of nitrogens with two attached hydrogens (primary N) is 1. The van der Waals surface area contributed by atoms with Gasteiger partial charge in [-0.1, -0.05) is 90.0 Å². The van der Waals surface area contributed by atoms with Gasteiger partial charge in [-0.2, -0.15) is 0 Å². The van der Waals surface area contributed by atoms with Gasteiger partial charge in [-0.15, -0.1) is 0 Å². The number of carbonyl (C=O) groups is 3. The molecule has 9 heteroatoms. The molecule has 4 N–H and O–H groups in total. The highest BCUT2D eigenvalue weighted by atomic mass is 33.1. The molecule has 2 aromatic carbocycles. The summed E-state index contributed by atoms with van der Waals surface area (Å²) in [4.78, 5) is 41.3. The summed E-state index contributed by atoms with van der Waals surface area (Å²) in [5.41, 5.74) is 9.29. The molecule has 5 unspecified atom stereocenters. The van der Waals surface area contributed by atoms with Gasteiger partial charge in [0.2, 0.25) is 11.8 Å². The van der Waals surface area contributed by atoms with E-state index in [2.05, 4.69) is 19.2 Å². The lowest BCUT2D eigenvalue weighted by atomic mass is 9.89. The standard InChI is InChI=1S/C30H39N3O4S2/c1-19(2)15-22(31)18-38-39-27(16-20-9-4-3-5-10-20)28(34)32-24-17-21-11-6-7-12-23(21)25-13-8-14-26(30(36)37)33(25)29(24)35/h3-7,9-12,19,22,24-27H,8,13-18,31H2,1-2H3,(H,32,34)(H,36,37). The van der Waals surface area contributed by atoms with E-state index in [-0.39, 0.29) is 23.9 Å². The third-order valence-corrected chi connectivity index (χ3v) is 10.2. The molecule has 2 amide bonds. The number of hydrogen-bond acceptors (Lipinski definition) is 6. The van der Waals surface area contributed by atoms with Gasteiger partial charge < -0.3 is 21.1 Å². The third-order valence-electron chi connectivity index (χ3n) is 7.42. The van der Waals surface area contributed by atoms with Crippen LogP contribution in [0.25, 0.3) is 0 Å². The lowest BCUT2D eigenvalue weighted by Gasteiger charge is -2.40. The average Bonchev–Trinajstić information content (AvgIpc) is 3.02. The normalized spacial score (nSPS) is 22.4. The van der Waals surface area contributed by atoms with Crippen molar-refractivity contribution in [3.05, 3.63) is 71.3 Å². The number of carboxylic acids is 1. The second-order valence-electron chi connectivity index (χ2n) is 11.0. The summed E-state index contributed by atoms with van der Waals surface area (Å²) in [6, 6.07) is 15.7. The van der Waals surface area contributed by atoms with Crippen LogP contribution in [0.3, 0.4) is 0 Å². The van der Waals surface area contributed by atoms with Gasteiger partial charge in [-0.05, 0) is 54.7 Å². The summed E-state index contributed by atoms with van der Waals surface area (Å²) in [5, 5.41) is 12.6. The summed E-state index contributed by atoms with van der Waals surface area (Å²) in [6.45, 7) is 4.29. The molecular weight excluding hydrogens is 530 g/mol. The first-order valence-electron chi connectivity index (χ1n) is 13.8. The molecule has 7 nitrogen and oxygen atoms in total. The van der Waals surface area contributed by atoms with Gasteiger partial charge in [0, 0.05) is 18.2 Å². The van der Waals surface area contributed by atoms with E-state index in [1.807, 2.05) is 54.6 Å². The predicted octanol–water partition coefficient (Wildman–Crippen LogP) is 4.60. The molecule has 39 heavy (non-hydrogen) atoms. The molecule has 5 atom stereocenters. The molecule has 0 aliphatic carbocycles. The lowest BCUT2D eigenvalue weighted by molar-refractivity contribution is -0.156. The molecule has 2 aliphatic heterocycles. The van der Waals surface area contributed by atoms with Gasteiger partial charge in [0.15, 0.2) is 0 Å². The van der Waals surface area contributed by atoms with Crippen molar-refractivity contribution in [2.24, 2.45) is 11.7 Å². The first-order valence-corrected chi connectivity index (χ1v) is 16.1. The second kappa shape index (κ2) is 13.7.